The first-order valence-corrected chi connectivity index (χ1v) is 11.7. The fourth-order valence-electron chi connectivity index (χ4n) is 5.07. The molecule has 1 saturated carbocycles. The molecule has 170 valence electrons. The van der Waals surface area contributed by atoms with Crippen molar-refractivity contribution in [3.05, 3.63) is 59.8 Å². The molecule has 1 unspecified atom stereocenters. The molecular weight excluding hydrogens is 400 g/mol. The summed E-state index contributed by atoms with van der Waals surface area (Å²) in [5, 5.41) is 4.37. The topological polar surface area (TPSA) is 63.3 Å². The molecule has 2 aromatic carbocycles. The van der Waals surface area contributed by atoms with Gasteiger partial charge in [-0.1, -0.05) is 62.4 Å². The number of aromatic amines is 1. The number of rotatable bonds is 9. The van der Waals surface area contributed by atoms with E-state index in [1.54, 1.807) is 14.2 Å². The van der Waals surface area contributed by atoms with Gasteiger partial charge in [0.2, 0.25) is 5.91 Å². The van der Waals surface area contributed by atoms with E-state index in [-0.39, 0.29) is 11.8 Å². The van der Waals surface area contributed by atoms with Crippen molar-refractivity contribution < 1.29 is 14.3 Å². The van der Waals surface area contributed by atoms with E-state index in [4.69, 9.17) is 9.47 Å². The molecule has 1 aliphatic carbocycles. The van der Waals surface area contributed by atoms with Crippen LogP contribution in [0.2, 0.25) is 0 Å². The third-order valence-corrected chi connectivity index (χ3v) is 6.81. The molecule has 32 heavy (non-hydrogen) atoms. The third-order valence-electron chi connectivity index (χ3n) is 6.81. The number of carbonyl (C=O) groups is 1. The van der Waals surface area contributed by atoms with Crippen LogP contribution in [0.25, 0.3) is 10.9 Å². The Morgan fingerprint density at radius 1 is 1.03 bits per heavy atom. The van der Waals surface area contributed by atoms with Gasteiger partial charge in [0.05, 0.1) is 14.2 Å². The highest BCUT2D eigenvalue weighted by Crippen LogP contribution is 2.40. The summed E-state index contributed by atoms with van der Waals surface area (Å²) in [7, 11) is 3.31. The minimum atomic E-state index is -0.0603. The van der Waals surface area contributed by atoms with Crippen molar-refractivity contribution in [2.75, 3.05) is 20.8 Å². The van der Waals surface area contributed by atoms with Gasteiger partial charge in [0.1, 0.15) is 0 Å². The molecule has 3 aromatic rings. The van der Waals surface area contributed by atoms with Gasteiger partial charge in [-0.3, -0.25) is 4.79 Å². The average molecular weight is 435 g/mol. The van der Waals surface area contributed by atoms with E-state index in [1.165, 1.54) is 32.1 Å². The van der Waals surface area contributed by atoms with Crippen LogP contribution >= 0.6 is 0 Å². The molecule has 0 saturated heterocycles. The van der Waals surface area contributed by atoms with Crippen LogP contribution in [0.5, 0.6) is 11.5 Å². The lowest BCUT2D eigenvalue weighted by atomic mass is 9.86. The first-order chi connectivity index (χ1) is 15.7. The Kier molecular flexibility index (Phi) is 7.35. The normalized spacial score (nSPS) is 15.4. The lowest BCUT2D eigenvalue weighted by molar-refractivity contribution is -0.121. The smallest absolute Gasteiger partial charge is 0.220 e. The van der Waals surface area contributed by atoms with E-state index in [0.29, 0.717) is 30.4 Å². The zero-order valence-corrected chi connectivity index (χ0v) is 19.2. The van der Waals surface area contributed by atoms with E-state index in [2.05, 4.69) is 28.5 Å². The number of hydrogen-bond acceptors (Lipinski definition) is 3. The van der Waals surface area contributed by atoms with Crippen LogP contribution in [0.4, 0.5) is 0 Å². The van der Waals surface area contributed by atoms with Crippen LogP contribution < -0.4 is 14.8 Å². The maximum atomic E-state index is 12.8. The lowest BCUT2D eigenvalue weighted by Crippen LogP contribution is -2.29. The summed E-state index contributed by atoms with van der Waals surface area (Å²) in [6, 6.07) is 14.2. The highest BCUT2D eigenvalue weighted by atomic mass is 16.5. The lowest BCUT2D eigenvalue weighted by Gasteiger charge is -2.23. The molecule has 1 aromatic heterocycles. The van der Waals surface area contributed by atoms with Gasteiger partial charge in [-0.25, -0.2) is 0 Å². The van der Waals surface area contributed by atoms with Crippen molar-refractivity contribution >= 4 is 16.8 Å². The summed E-state index contributed by atoms with van der Waals surface area (Å²) >= 11 is 0. The SMILES string of the molecule is COc1cccc(C(CNC(=O)CCC2CCCCC2)c2c[nH]c3ccccc23)c1OC. The molecule has 2 N–H and O–H groups in total. The van der Waals surface area contributed by atoms with Crippen molar-refractivity contribution in [1.29, 1.82) is 0 Å². The van der Waals surface area contributed by atoms with Gasteiger partial charge < -0.3 is 19.8 Å². The van der Waals surface area contributed by atoms with Gasteiger partial charge in [0.15, 0.2) is 11.5 Å². The fraction of sp³-hybridized carbons (Fsp3) is 0.444. The van der Waals surface area contributed by atoms with E-state index in [1.807, 2.05) is 30.5 Å². The van der Waals surface area contributed by atoms with Crippen LogP contribution in [0.15, 0.2) is 48.7 Å². The molecule has 1 heterocycles. The molecule has 0 bridgehead atoms. The monoisotopic (exact) mass is 434 g/mol. The number of amides is 1. The molecule has 1 aliphatic rings. The maximum Gasteiger partial charge on any atom is 0.220 e. The van der Waals surface area contributed by atoms with Crippen molar-refractivity contribution in [3.63, 3.8) is 0 Å². The number of nitrogens with one attached hydrogen (secondary N) is 2. The van der Waals surface area contributed by atoms with Crippen molar-refractivity contribution in [2.45, 2.75) is 50.9 Å². The van der Waals surface area contributed by atoms with Crippen molar-refractivity contribution in [2.24, 2.45) is 5.92 Å². The zero-order chi connectivity index (χ0) is 22.3. The number of H-pyrrole nitrogens is 1. The number of para-hydroxylation sites is 2. The van der Waals surface area contributed by atoms with Crippen LogP contribution in [0.1, 0.15) is 62.0 Å². The predicted molar refractivity (Wildman–Crippen MR) is 129 cm³/mol. The van der Waals surface area contributed by atoms with Crippen molar-refractivity contribution in [3.8, 4) is 11.5 Å². The van der Waals surface area contributed by atoms with Gasteiger partial charge in [-0.05, 0) is 30.0 Å². The second-order valence-corrected chi connectivity index (χ2v) is 8.77. The van der Waals surface area contributed by atoms with Gasteiger partial charge in [0, 0.05) is 41.5 Å². The Morgan fingerprint density at radius 2 is 1.84 bits per heavy atom. The molecule has 4 rings (SSSR count). The number of hydrogen-bond donors (Lipinski definition) is 2. The number of aromatic nitrogens is 1. The Labute approximate surface area is 190 Å². The van der Waals surface area contributed by atoms with Crippen LogP contribution in [0.3, 0.4) is 0 Å². The summed E-state index contributed by atoms with van der Waals surface area (Å²) in [4.78, 5) is 16.1. The van der Waals surface area contributed by atoms with E-state index < -0.39 is 0 Å². The van der Waals surface area contributed by atoms with Gasteiger partial charge in [-0.2, -0.15) is 0 Å². The van der Waals surface area contributed by atoms with E-state index in [0.717, 1.165) is 28.5 Å². The highest BCUT2D eigenvalue weighted by Gasteiger charge is 2.24. The fourth-order valence-corrected chi connectivity index (χ4v) is 5.07. The number of benzene rings is 2. The summed E-state index contributed by atoms with van der Waals surface area (Å²) in [6.07, 6.45) is 10.1. The van der Waals surface area contributed by atoms with Crippen LogP contribution in [0, 0.1) is 5.92 Å². The Hall–Kier alpha value is -2.95. The molecule has 0 radical (unpaired) electrons. The second kappa shape index (κ2) is 10.6. The van der Waals surface area contributed by atoms with Gasteiger partial charge in [0.25, 0.3) is 0 Å². The first-order valence-electron chi connectivity index (χ1n) is 11.7. The number of methoxy groups -OCH3 is 2. The summed E-state index contributed by atoms with van der Waals surface area (Å²) in [5.41, 5.74) is 3.22. The summed E-state index contributed by atoms with van der Waals surface area (Å²) in [6.45, 7) is 0.509. The number of ether oxygens (including phenoxy) is 2. The number of fused-ring (bicyclic) bond motifs is 1. The van der Waals surface area contributed by atoms with E-state index >= 15 is 0 Å². The molecule has 0 aliphatic heterocycles. The average Bonchev–Trinajstić information content (AvgIpc) is 3.27. The standard InChI is InChI=1S/C27H34N2O3/c1-31-25-14-8-12-21(27(25)32-2)23(22-17-28-24-13-7-6-11-20(22)24)18-29-26(30)16-15-19-9-4-3-5-10-19/h6-8,11-14,17,19,23,28H,3-5,9-10,15-16,18H2,1-2H3,(H,29,30). The minimum Gasteiger partial charge on any atom is -0.493 e. The summed E-state index contributed by atoms with van der Waals surface area (Å²) in [5.74, 6) is 2.18. The largest absolute Gasteiger partial charge is 0.493 e. The van der Waals surface area contributed by atoms with Crippen LogP contribution in [-0.4, -0.2) is 31.7 Å². The molecule has 1 atom stereocenters. The molecule has 1 fully saturated rings. The van der Waals surface area contributed by atoms with Crippen LogP contribution in [-0.2, 0) is 4.79 Å². The first kappa shape index (κ1) is 22.3. The molecule has 5 heteroatoms. The Balaban J connectivity index is 1.57. The third kappa shape index (κ3) is 4.93. The zero-order valence-electron chi connectivity index (χ0n) is 19.2. The molecule has 0 spiro atoms. The Morgan fingerprint density at radius 3 is 2.62 bits per heavy atom. The van der Waals surface area contributed by atoms with E-state index in [9.17, 15) is 4.79 Å². The molecule has 1 amide bonds. The van der Waals surface area contributed by atoms with Gasteiger partial charge >= 0.3 is 0 Å². The molecular formula is C27H34N2O3. The predicted octanol–water partition coefficient (Wildman–Crippen LogP) is 5.79. The summed E-state index contributed by atoms with van der Waals surface area (Å²) < 4.78 is 11.3. The second-order valence-electron chi connectivity index (χ2n) is 8.77. The van der Waals surface area contributed by atoms with Gasteiger partial charge in [-0.15, -0.1) is 0 Å². The number of carbonyl (C=O) groups excluding carboxylic acids is 1. The minimum absolute atomic E-state index is 0.0603. The van der Waals surface area contributed by atoms with Crippen molar-refractivity contribution in [1.82, 2.24) is 10.3 Å². The maximum absolute atomic E-state index is 12.8. The quantitative estimate of drug-likeness (QED) is 0.448. The Bertz CT molecular complexity index is 1040. The highest BCUT2D eigenvalue weighted by molar-refractivity contribution is 5.84. The molecule has 5 nitrogen and oxygen atoms in total.